The molecule has 1 unspecified atom stereocenters. The van der Waals surface area contributed by atoms with E-state index >= 15 is 0 Å². The third-order valence-corrected chi connectivity index (χ3v) is 4.89. The van der Waals surface area contributed by atoms with Crippen LogP contribution in [-0.2, 0) is 0 Å². The predicted octanol–water partition coefficient (Wildman–Crippen LogP) is 5.59. The molecule has 0 amide bonds. The molecule has 19 heavy (non-hydrogen) atoms. The Morgan fingerprint density at radius 3 is 2.58 bits per heavy atom. The summed E-state index contributed by atoms with van der Waals surface area (Å²) >= 11 is 3.52. The molecule has 3 rings (SSSR count). The number of hydrogen-bond donors (Lipinski definition) is 1. The molecule has 0 bridgehead atoms. The zero-order chi connectivity index (χ0) is 13.5. The zero-order valence-corrected chi connectivity index (χ0v) is 13.1. The number of benzene rings is 2. The van der Waals surface area contributed by atoms with E-state index in [1.54, 1.807) is 0 Å². The lowest BCUT2D eigenvalue weighted by atomic mass is 9.87. The maximum atomic E-state index is 3.73. The van der Waals surface area contributed by atoms with Gasteiger partial charge in [-0.05, 0) is 53.3 Å². The first-order valence-corrected chi connectivity index (χ1v) is 7.80. The summed E-state index contributed by atoms with van der Waals surface area (Å²) in [5.74, 6) is 0. The van der Waals surface area contributed by atoms with Crippen LogP contribution in [0.1, 0.15) is 33.1 Å². The van der Waals surface area contributed by atoms with E-state index in [-0.39, 0.29) is 0 Å². The predicted molar refractivity (Wildman–Crippen MR) is 86.7 cm³/mol. The normalized spacial score (nSPS) is 21.7. The van der Waals surface area contributed by atoms with E-state index in [2.05, 4.69) is 71.5 Å². The fourth-order valence-electron chi connectivity index (χ4n) is 3.10. The van der Waals surface area contributed by atoms with Crippen molar-refractivity contribution < 1.29 is 0 Å². The molecule has 1 N–H and O–H groups in total. The van der Waals surface area contributed by atoms with Crippen molar-refractivity contribution in [3.63, 3.8) is 0 Å². The number of rotatable bonds is 2. The van der Waals surface area contributed by atoms with Crippen LogP contribution in [0.3, 0.4) is 0 Å². The number of hydrogen-bond acceptors (Lipinski definition) is 1. The first-order valence-electron chi connectivity index (χ1n) is 7.00. The summed E-state index contributed by atoms with van der Waals surface area (Å²) in [6.07, 6.45) is 3.95. The van der Waals surface area contributed by atoms with Crippen LogP contribution >= 0.6 is 15.9 Å². The van der Waals surface area contributed by atoms with Crippen LogP contribution < -0.4 is 5.32 Å². The molecular weight excluding hydrogens is 298 g/mol. The van der Waals surface area contributed by atoms with Gasteiger partial charge >= 0.3 is 0 Å². The van der Waals surface area contributed by atoms with E-state index in [0.29, 0.717) is 11.5 Å². The van der Waals surface area contributed by atoms with Gasteiger partial charge in [-0.25, -0.2) is 0 Å². The van der Waals surface area contributed by atoms with Crippen molar-refractivity contribution in [2.45, 2.75) is 39.2 Å². The van der Waals surface area contributed by atoms with Gasteiger partial charge < -0.3 is 5.32 Å². The van der Waals surface area contributed by atoms with Crippen molar-refractivity contribution in [1.29, 1.82) is 0 Å². The van der Waals surface area contributed by atoms with Crippen molar-refractivity contribution >= 4 is 32.4 Å². The molecule has 1 atom stereocenters. The topological polar surface area (TPSA) is 12.0 Å². The van der Waals surface area contributed by atoms with Gasteiger partial charge in [0.1, 0.15) is 0 Å². The van der Waals surface area contributed by atoms with Crippen molar-refractivity contribution in [2.75, 3.05) is 5.32 Å². The van der Waals surface area contributed by atoms with Gasteiger partial charge in [0.2, 0.25) is 0 Å². The molecule has 0 aliphatic heterocycles. The molecule has 100 valence electrons. The van der Waals surface area contributed by atoms with Crippen molar-refractivity contribution in [3.05, 3.63) is 40.9 Å². The molecule has 2 aromatic carbocycles. The summed E-state index contributed by atoms with van der Waals surface area (Å²) in [6, 6.07) is 13.7. The van der Waals surface area contributed by atoms with Crippen LogP contribution in [0.25, 0.3) is 10.8 Å². The van der Waals surface area contributed by atoms with Crippen LogP contribution in [-0.4, -0.2) is 6.04 Å². The number of fused-ring (bicyclic) bond motifs is 1. The average Bonchev–Trinajstić information content (AvgIpc) is 2.69. The van der Waals surface area contributed by atoms with Gasteiger partial charge in [-0.1, -0.05) is 48.3 Å². The SMILES string of the molecule is CC1(C)CCCC1Nc1ccc2cc(Br)ccc2c1. The number of nitrogens with one attached hydrogen (secondary N) is 1. The third-order valence-electron chi connectivity index (χ3n) is 4.40. The fraction of sp³-hybridized carbons (Fsp3) is 0.412. The second-order valence-corrected chi connectivity index (χ2v) is 7.20. The molecule has 1 saturated carbocycles. The van der Waals surface area contributed by atoms with Crippen molar-refractivity contribution in [2.24, 2.45) is 5.41 Å². The Hall–Kier alpha value is -1.02. The van der Waals surface area contributed by atoms with Crippen molar-refractivity contribution in [1.82, 2.24) is 0 Å². The highest BCUT2D eigenvalue weighted by molar-refractivity contribution is 9.10. The summed E-state index contributed by atoms with van der Waals surface area (Å²) < 4.78 is 1.14. The summed E-state index contributed by atoms with van der Waals surface area (Å²) in [5, 5.41) is 6.30. The minimum absolute atomic E-state index is 0.411. The first kappa shape index (κ1) is 13.0. The highest BCUT2D eigenvalue weighted by Crippen LogP contribution is 2.39. The standard InChI is InChI=1S/C17H20BrN/c1-17(2)9-3-4-16(17)19-15-8-6-12-10-14(18)7-5-13(12)11-15/h5-8,10-11,16,19H,3-4,9H2,1-2H3. The van der Waals surface area contributed by atoms with Gasteiger partial charge in [0.25, 0.3) is 0 Å². The quantitative estimate of drug-likeness (QED) is 0.761. The maximum absolute atomic E-state index is 3.73. The van der Waals surface area contributed by atoms with E-state index in [1.165, 1.54) is 35.7 Å². The van der Waals surface area contributed by atoms with E-state index in [9.17, 15) is 0 Å². The molecule has 0 saturated heterocycles. The highest BCUT2D eigenvalue weighted by Gasteiger charge is 2.34. The minimum atomic E-state index is 0.411. The lowest BCUT2D eigenvalue weighted by Gasteiger charge is -2.28. The van der Waals surface area contributed by atoms with Gasteiger partial charge in [-0.3, -0.25) is 0 Å². The lowest BCUT2D eigenvalue weighted by molar-refractivity contribution is 0.350. The molecule has 2 heteroatoms. The largest absolute Gasteiger partial charge is 0.382 e. The lowest BCUT2D eigenvalue weighted by Crippen LogP contribution is -2.30. The first-order chi connectivity index (χ1) is 9.04. The van der Waals surface area contributed by atoms with E-state index < -0.39 is 0 Å². The zero-order valence-electron chi connectivity index (χ0n) is 11.5. The van der Waals surface area contributed by atoms with E-state index in [1.807, 2.05) is 0 Å². The Bertz CT molecular complexity index is 603. The molecular formula is C17H20BrN. The van der Waals surface area contributed by atoms with Crippen LogP contribution in [0.5, 0.6) is 0 Å². The summed E-state index contributed by atoms with van der Waals surface area (Å²) in [5.41, 5.74) is 1.66. The molecule has 1 aliphatic carbocycles. The van der Waals surface area contributed by atoms with Crippen LogP contribution in [0.2, 0.25) is 0 Å². The van der Waals surface area contributed by atoms with E-state index in [0.717, 1.165) is 4.47 Å². The molecule has 1 nitrogen and oxygen atoms in total. The fourth-order valence-corrected chi connectivity index (χ4v) is 3.48. The summed E-state index contributed by atoms with van der Waals surface area (Å²) in [7, 11) is 0. The monoisotopic (exact) mass is 317 g/mol. The second-order valence-electron chi connectivity index (χ2n) is 6.28. The molecule has 1 fully saturated rings. The van der Waals surface area contributed by atoms with Crippen LogP contribution in [0.15, 0.2) is 40.9 Å². The average molecular weight is 318 g/mol. The van der Waals surface area contributed by atoms with Gasteiger partial charge in [0, 0.05) is 16.2 Å². The molecule has 2 aromatic rings. The molecule has 0 heterocycles. The molecule has 1 aliphatic rings. The smallest absolute Gasteiger partial charge is 0.0348 e. The Balaban J connectivity index is 1.87. The number of anilines is 1. The van der Waals surface area contributed by atoms with E-state index in [4.69, 9.17) is 0 Å². The maximum Gasteiger partial charge on any atom is 0.0348 e. The molecule has 0 spiro atoms. The van der Waals surface area contributed by atoms with Gasteiger partial charge in [-0.2, -0.15) is 0 Å². The Morgan fingerprint density at radius 2 is 1.84 bits per heavy atom. The number of halogens is 1. The van der Waals surface area contributed by atoms with Gasteiger partial charge in [0.05, 0.1) is 0 Å². The van der Waals surface area contributed by atoms with Crippen molar-refractivity contribution in [3.8, 4) is 0 Å². The third kappa shape index (κ3) is 2.64. The second kappa shape index (κ2) is 4.82. The minimum Gasteiger partial charge on any atom is -0.382 e. The molecule has 0 aromatic heterocycles. The Morgan fingerprint density at radius 1 is 1.11 bits per heavy atom. The van der Waals surface area contributed by atoms with Gasteiger partial charge in [0.15, 0.2) is 0 Å². The Kier molecular flexibility index (Phi) is 3.30. The van der Waals surface area contributed by atoms with Crippen LogP contribution in [0.4, 0.5) is 5.69 Å². The highest BCUT2D eigenvalue weighted by atomic mass is 79.9. The van der Waals surface area contributed by atoms with Gasteiger partial charge in [-0.15, -0.1) is 0 Å². The summed E-state index contributed by atoms with van der Waals surface area (Å²) in [4.78, 5) is 0. The van der Waals surface area contributed by atoms with Crippen LogP contribution in [0, 0.1) is 5.41 Å². The molecule has 0 radical (unpaired) electrons. The summed E-state index contributed by atoms with van der Waals surface area (Å²) in [6.45, 7) is 4.74. The Labute approximate surface area is 123 Å².